The average molecular weight is 316 g/mol. The highest BCUT2D eigenvalue weighted by atomic mass is 32.2. The van der Waals surface area contributed by atoms with E-state index in [1.807, 2.05) is 0 Å². The zero-order valence-corrected chi connectivity index (χ0v) is 11.8. The summed E-state index contributed by atoms with van der Waals surface area (Å²) < 4.78 is 26.8. The number of anilines is 1. The summed E-state index contributed by atoms with van der Waals surface area (Å²) in [7, 11) is 0. The van der Waals surface area contributed by atoms with Gasteiger partial charge >= 0.3 is 12.0 Å². The van der Waals surface area contributed by atoms with Gasteiger partial charge in [-0.1, -0.05) is 0 Å². The Labute approximate surface area is 124 Å². The molecule has 0 aliphatic carbocycles. The molecule has 0 radical (unpaired) electrons. The van der Waals surface area contributed by atoms with Crippen molar-refractivity contribution >= 4 is 29.4 Å². The zero-order valence-electron chi connectivity index (χ0n) is 11.0. The fourth-order valence-electron chi connectivity index (χ4n) is 1.99. The van der Waals surface area contributed by atoms with E-state index < -0.39 is 29.2 Å². The van der Waals surface area contributed by atoms with Gasteiger partial charge in [0, 0.05) is 12.1 Å². The van der Waals surface area contributed by atoms with Crippen molar-refractivity contribution in [2.75, 3.05) is 16.8 Å². The molecule has 0 aromatic heterocycles. The van der Waals surface area contributed by atoms with Crippen LogP contribution in [0, 0.1) is 11.6 Å². The minimum absolute atomic E-state index is 0.00806. The minimum atomic E-state index is -1.53. The standard InChI is InChI=1S/C13H14F2N2O3S/c14-9-6-10(15)11(5-8(9)12(18)19)17-13(20)16-7-1-3-21-4-2-7/h5-7H,1-4H2,(H,18,19)(H2,16,17,20). The number of halogens is 2. The number of carboxylic acids is 1. The Morgan fingerprint density at radius 3 is 2.48 bits per heavy atom. The number of urea groups is 1. The monoisotopic (exact) mass is 316 g/mol. The molecule has 0 unspecified atom stereocenters. The Kier molecular flexibility index (Phi) is 5.00. The normalized spacial score (nSPS) is 15.5. The summed E-state index contributed by atoms with van der Waals surface area (Å²) in [6, 6.07) is 0.585. The lowest BCUT2D eigenvalue weighted by atomic mass is 10.1. The average Bonchev–Trinajstić information content (AvgIpc) is 2.42. The maximum Gasteiger partial charge on any atom is 0.338 e. The molecule has 1 fully saturated rings. The molecule has 1 aromatic carbocycles. The Hall–Kier alpha value is -1.83. The number of thioether (sulfide) groups is 1. The van der Waals surface area contributed by atoms with Gasteiger partial charge < -0.3 is 15.7 Å². The van der Waals surface area contributed by atoms with Gasteiger partial charge in [-0.3, -0.25) is 0 Å². The van der Waals surface area contributed by atoms with Crippen LogP contribution in [0.5, 0.6) is 0 Å². The quantitative estimate of drug-likeness (QED) is 0.801. The number of carbonyl (C=O) groups excluding carboxylic acids is 1. The molecule has 1 saturated heterocycles. The smallest absolute Gasteiger partial charge is 0.338 e. The van der Waals surface area contributed by atoms with E-state index in [9.17, 15) is 18.4 Å². The second-order valence-electron chi connectivity index (χ2n) is 4.60. The van der Waals surface area contributed by atoms with Crippen molar-refractivity contribution in [1.29, 1.82) is 0 Å². The topological polar surface area (TPSA) is 78.4 Å². The molecule has 1 aromatic rings. The van der Waals surface area contributed by atoms with Crippen molar-refractivity contribution in [3.8, 4) is 0 Å². The zero-order chi connectivity index (χ0) is 15.4. The number of carbonyl (C=O) groups is 2. The summed E-state index contributed by atoms with van der Waals surface area (Å²) >= 11 is 1.80. The summed E-state index contributed by atoms with van der Waals surface area (Å²) in [6.45, 7) is 0. The summed E-state index contributed by atoms with van der Waals surface area (Å²) in [5.74, 6) is -1.85. The summed E-state index contributed by atoms with van der Waals surface area (Å²) in [5, 5.41) is 13.7. The van der Waals surface area contributed by atoms with E-state index in [-0.39, 0.29) is 11.7 Å². The first-order chi connectivity index (χ1) is 9.97. The molecule has 3 N–H and O–H groups in total. The molecule has 114 valence electrons. The van der Waals surface area contributed by atoms with Crippen LogP contribution in [-0.2, 0) is 0 Å². The Bertz CT molecular complexity index is 563. The highest BCUT2D eigenvalue weighted by Crippen LogP contribution is 2.20. The molecule has 8 heteroatoms. The summed E-state index contributed by atoms with van der Waals surface area (Å²) in [4.78, 5) is 22.6. The number of nitrogens with one attached hydrogen (secondary N) is 2. The third kappa shape index (κ3) is 4.07. The second kappa shape index (κ2) is 6.75. The maximum absolute atomic E-state index is 13.6. The fraction of sp³-hybridized carbons (Fsp3) is 0.385. The van der Waals surface area contributed by atoms with Crippen LogP contribution in [0.15, 0.2) is 12.1 Å². The van der Waals surface area contributed by atoms with Gasteiger partial charge in [0.1, 0.15) is 11.6 Å². The van der Waals surface area contributed by atoms with Crippen molar-refractivity contribution in [3.63, 3.8) is 0 Å². The first kappa shape index (κ1) is 15.6. The van der Waals surface area contributed by atoms with Gasteiger partial charge in [-0.05, 0) is 30.4 Å². The Morgan fingerprint density at radius 2 is 1.86 bits per heavy atom. The lowest BCUT2D eigenvalue weighted by Crippen LogP contribution is -2.40. The summed E-state index contributed by atoms with van der Waals surface area (Å²) in [6.07, 6.45) is 1.65. The molecule has 0 spiro atoms. The molecule has 21 heavy (non-hydrogen) atoms. The van der Waals surface area contributed by atoms with E-state index in [4.69, 9.17) is 5.11 Å². The molecule has 1 heterocycles. The van der Waals surface area contributed by atoms with E-state index in [0.717, 1.165) is 30.4 Å². The molecule has 0 atom stereocenters. The lowest BCUT2D eigenvalue weighted by molar-refractivity contribution is 0.0692. The minimum Gasteiger partial charge on any atom is -0.478 e. The van der Waals surface area contributed by atoms with Gasteiger partial charge in [0.25, 0.3) is 0 Å². The predicted octanol–water partition coefficient (Wildman–Crippen LogP) is 2.68. The van der Waals surface area contributed by atoms with Crippen LogP contribution in [-0.4, -0.2) is 34.7 Å². The first-order valence-corrected chi connectivity index (χ1v) is 7.50. The molecule has 1 aliphatic rings. The molecule has 0 saturated carbocycles. The van der Waals surface area contributed by atoms with E-state index >= 15 is 0 Å². The van der Waals surface area contributed by atoms with Gasteiger partial charge in [-0.25, -0.2) is 18.4 Å². The van der Waals surface area contributed by atoms with Crippen molar-refractivity contribution in [1.82, 2.24) is 5.32 Å². The molecular weight excluding hydrogens is 302 g/mol. The number of hydrogen-bond acceptors (Lipinski definition) is 3. The third-order valence-corrected chi connectivity index (χ3v) is 4.14. The number of benzene rings is 1. The van der Waals surface area contributed by atoms with Gasteiger partial charge in [-0.15, -0.1) is 0 Å². The molecule has 2 rings (SSSR count). The number of hydrogen-bond donors (Lipinski definition) is 3. The number of rotatable bonds is 3. The summed E-state index contributed by atoms with van der Waals surface area (Å²) in [5.41, 5.74) is -1.06. The largest absolute Gasteiger partial charge is 0.478 e. The van der Waals surface area contributed by atoms with Crippen LogP contribution >= 0.6 is 11.8 Å². The molecule has 5 nitrogen and oxygen atoms in total. The first-order valence-electron chi connectivity index (χ1n) is 6.35. The van der Waals surface area contributed by atoms with Gasteiger partial charge in [-0.2, -0.15) is 11.8 Å². The molecular formula is C13H14F2N2O3S. The lowest BCUT2D eigenvalue weighted by Gasteiger charge is -2.22. The van der Waals surface area contributed by atoms with Crippen LogP contribution in [0.4, 0.5) is 19.3 Å². The highest BCUT2D eigenvalue weighted by molar-refractivity contribution is 7.99. The second-order valence-corrected chi connectivity index (χ2v) is 5.83. The Morgan fingerprint density at radius 1 is 1.19 bits per heavy atom. The highest BCUT2D eigenvalue weighted by Gasteiger charge is 2.19. The predicted molar refractivity (Wildman–Crippen MR) is 75.8 cm³/mol. The number of aromatic carboxylic acids is 1. The van der Waals surface area contributed by atoms with Crippen LogP contribution < -0.4 is 10.6 Å². The van der Waals surface area contributed by atoms with Crippen molar-refractivity contribution in [2.45, 2.75) is 18.9 Å². The van der Waals surface area contributed by atoms with E-state index in [1.165, 1.54) is 0 Å². The van der Waals surface area contributed by atoms with Crippen molar-refractivity contribution in [3.05, 3.63) is 29.3 Å². The van der Waals surface area contributed by atoms with Gasteiger partial charge in [0.2, 0.25) is 0 Å². The van der Waals surface area contributed by atoms with Gasteiger partial charge in [0.15, 0.2) is 0 Å². The van der Waals surface area contributed by atoms with Crippen LogP contribution in [0.25, 0.3) is 0 Å². The Balaban J connectivity index is 2.06. The van der Waals surface area contributed by atoms with E-state index in [1.54, 1.807) is 11.8 Å². The van der Waals surface area contributed by atoms with E-state index in [2.05, 4.69) is 10.6 Å². The van der Waals surface area contributed by atoms with Gasteiger partial charge in [0.05, 0.1) is 11.3 Å². The van der Waals surface area contributed by atoms with Crippen molar-refractivity contribution in [2.24, 2.45) is 0 Å². The number of amides is 2. The van der Waals surface area contributed by atoms with Crippen LogP contribution in [0.3, 0.4) is 0 Å². The van der Waals surface area contributed by atoms with E-state index in [0.29, 0.717) is 6.07 Å². The van der Waals surface area contributed by atoms with Crippen LogP contribution in [0.2, 0.25) is 0 Å². The SMILES string of the molecule is O=C(Nc1cc(C(=O)O)c(F)cc1F)NC1CCSCC1. The molecule has 0 bridgehead atoms. The number of carboxylic acid groups (broad SMARTS) is 1. The molecule has 1 aliphatic heterocycles. The van der Waals surface area contributed by atoms with Crippen molar-refractivity contribution < 1.29 is 23.5 Å². The maximum atomic E-state index is 13.6. The third-order valence-electron chi connectivity index (χ3n) is 3.09. The fourth-order valence-corrected chi connectivity index (χ4v) is 3.10. The molecule has 2 amide bonds. The van der Waals surface area contributed by atoms with Crippen LogP contribution in [0.1, 0.15) is 23.2 Å².